The number of benzene rings is 6. The number of aromatic nitrogens is 9. The van der Waals surface area contributed by atoms with Gasteiger partial charge in [0.1, 0.15) is 6.33 Å². The third-order valence-corrected chi connectivity index (χ3v) is 17.6. The molecule has 9 aromatic rings. The standard InChI is InChI=1S/C19H18BrN3O2S.C19H19N3O2S.C18H16BrN3O2S.C2H3N.CH3I.CH4O.2CH4.BHNS.Li.H2O/c1-25-17(24)11-26-19-22-21-18(20)23(19)10-13-8-9-15(12-6-7-12)16-5-3-2-4-14(13)16;1-24-18(23)11-25-19-21-20-12-22(19)10-14-8-9-16(13-6-7-13)17-5-3-2-4-15(14)17;19-17-20-21-18(25-10-16(23)24)22(17)9-12-7-8-14(11-5-6-11)15-4-2-1-3-13(12)15;1-2-3;2*1-2;;;1-2-3;;/h2-5,8-9,12H,6-7,10-11H2,1H3;2-5,8-9,12-13H,6-7,10-11H2,1H3;1-4,7-8,11H,5-6,9-10H2,(H,23,24);1H3;1H3;2H,1H3;2*1H4;3H;;1H2/q;;;;;;;;;+1;/p-1. The second-order valence-electron chi connectivity index (χ2n) is 19.1. The Morgan fingerprint density at radius 1 is 0.611 bits per heavy atom. The summed E-state index contributed by atoms with van der Waals surface area (Å²) >= 11 is 16.1. The van der Waals surface area contributed by atoms with Crippen molar-refractivity contribution in [2.45, 2.75) is 113 Å². The van der Waals surface area contributed by atoms with Crippen molar-refractivity contribution in [1.82, 2.24) is 44.3 Å². The SMILES string of the molecule is C.C.CC#N.CI.CO.COC(=O)CSc1nnc(Br)n1Cc1ccc(C2CC2)c2ccccc12.COC(=O)CSc1nncn1Cc1ccc(C2CC2)c2ccccc12.O=C(O)CSc1nnc(Br)n1Cc1ccc(C2CC2)c2ccccc12.[B]=NS.[Li+].[OH-]. The van der Waals surface area contributed by atoms with Gasteiger partial charge in [-0.3, -0.25) is 23.5 Å². The van der Waals surface area contributed by atoms with Crippen molar-refractivity contribution in [2.24, 2.45) is 4.30 Å². The van der Waals surface area contributed by atoms with Crippen molar-refractivity contribution >= 4 is 160 Å². The molecule has 3 fully saturated rings. The number of carbonyl (C=O) groups excluding carboxylic acids is 2. The number of alkyl halides is 1. The maximum atomic E-state index is 11.4. The van der Waals surface area contributed by atoms with Crippen molar-refractivity contribution < 1.29 is 58.4 Å². The van der Waals surface area contributed by atoms with Crippen LogP contribution in [-0.4, -0.2) is 129 Å². The summed E-state index contributed by atoms with van der Waals surface area (Å²) in [6.45, 7) is 3.35. The zero-order chi connectivity index (χ0) is 62.1. The number of carboxylic acids is 1. The first-order valence-corrected chi connectivity index (χ1v) is 34.0. The van der Waals surface area contributed by atoms with Gasteiger partial charge in [-0.05, 0) is 159 Å². The average molecular weight is 1530 g/mol. The summed E-state index contributed by atoms with van der Waals surface area (Å²) in [7, 11) is 8.11. The molecule has 90 heavy (non-hydrogen) atoms. The number of halogens is 3. The Bertz CT molecular complexity index is 3780. The third kappa shape index (κ3) is 23.2. The van der Waals surface area contributed by atoms with E-state index in [1.54, 1.807) is 12.4 Å². The normalized spacial score (nSPS) is 12.2. The molecule has 3 N–H and O–H groups in total. The summed E-state index contributed by atoms with van der Waals surface area (Å²) in [5, 5.41) is 57.5. The minimum Gasteiger partial charge on any atom is -0.870 e. The van der Waals surface area contributed by atoms with Gasteiger partial charge in [-0.2, -0.15) is 5.26 Å². The first-order valence-electron chi connectivity index (χ1n) is 26.9. The fraction of sp³-hybridized carbons (Fsp3) is 0.355. The summed E-state index contributed by atoms with van der Waals surface area (Å²) in [6.07, 6.45) is 9.42. The van der Waals surface area contributed by atoms with Crippen molar-refractivity contribution in [3.8, 4) is 6.07 Å². The van der Waals surface area contributed by atoms with Crippen molar-refractivity contribution in [3.63, 3.8) is 0 Å². The van der Waals surface area contributed by atoms with Crippen LogP contribution in [0.15, 0.2) is 145 Å². The second kappa shape index (κ2) is 42.2. The minimum absolute atomic E-state index is 0. The largest absolute Gasteiger partial charge is 1.00 e. The second-order valence-corrected chi connectivity index (χ2v) is 23.5. The molecule has 12 rings (SSSR count). The van der Waals surface area contributed by atoms with E-state index < -0.39 is 5.97 Å². The predicted octanol–water partition coefficient (Wildman–Crippen LogP) is 11.8. The summed E-state index contributed by atoms with van der Waals surface area (Å²) in [4.78, 5) is 35.6. The number of thiol groups is 1. The van der Waals surface area contributed by atoms with Gasteiger partial charge in [-0.15, -0.1) is 30.6 Å². The number of fused-ring (bicyclic) bond motifs is 3. The van der Waals surface area contributed by atoms with Crippen LogP contribution in [0.1, 0.15) is 111 Å². The van der Waals surface area contributed by atoms with Crippen LogP contribution in [0.25, 0.3) is 32.3 Å². The van der Waals surface area contributed by atoms with Gasteiger partial charge < -0.3 is 29.7 Å². The molecule has 3 aromatic heterocycles. The maximum absolute atomic E-state index is 11.4. The number of nitriles is 1. The number of thioether (sulfide) groups is 3. The van der Waals surface area contributed by atoms with E-state index in [-0.39, 0.29) is 68.4 Å². The van der Waals surface area contributed by atoms with E-state index in [1.807, 2.05) is 18.6 Å². The van der Waals surface area contributed by atoms with Gasteiger partial charge in [-0.1, -0.05) is 182 Å². The Morgan fingerprint density at radius 2 is 0.922 bits per heavy atom. The Hall–Kier alpha value is -5.11. The molecule has 0 unspecified atom stereocenters. The zero-order valence-corrected chi connectivity index (χ0v) is 58.0. The smallest absolute Gasteiger partial charge is 0.870 e. The Kier molecular flexibility index (Phi) is 38.0. The van der Waals surface area contributed by atoms with Gasteiger partial charge >= 0.3 is 61.5 Å². The van der Waals surface area contributed by atoms with Crippen molar-refractivity contribution in [3.05, 3.63) is 158 Å². The Labute approximate surface area is 588 Å². The predicted molar refractivity (Wildman–Crippen MR) is 376 cm³/mol. The molecule has 0 saturated heterocycles. The molecule has 0 amide bonds. The fourth-order valence-electron chi connectivity index (χ4n) is 9.32. The van der Waals surface area contributed by atoms with Crippen LogP contribution in [0.3, 0.4) is 0 Å². The summed E-state index contributed by atoms with van der Waals surface area (Å²) in [5.74, 6) is 1.13. The summed E-state index contributed by atoms with van der Waals surface area (Å²) in [6, 6.07) is 40.7. The number of esters is 2. The number of carbonyl (C=O) groups is 3. The average Bonchev–Trinajstić information content (AvgIpc) is 1.64. The van der Waals surface area contributed by atoms with E-state index in [0.717, 1.165) is 18.2 Å². The Morgan fingerprint density at radius 3 is 1.24 bits per heavy atom. The molecule has 0 aliphatic heterocycles. The van der Waals surface area contributed by atoms with Crippen LogP contribution in [0.4, 0.5) is 0 Å². The van der Waals surface area contributed by atoms with Crippen LogP contribution in [0.2, 0.25) is 0 Å². The number of aliphatic hydroxyl groups is 1. The van der Waals surface area contributed by atoms with Crippen LogP contribution >= 0.6 is 103 Å². The Balaban J connectivity index is 0.000000420. The fourth-order valence-corrected chi connectivity index (χ4v) is 12.5. The molecule has 6 aromatic carbocycles. The first kappa shape index (κ1) is 81.0. The van der Waals surface area contributed by atoms with E-state index in [4.69, 9.17) is 20.2 Å². The van der Waals surface area contributed by atoms with Gasteiger partial charge in [0, 0.05) is 14.0 Å². The van der Waals surface area contributed by atoms with Gasteiger partial charge in [0.25, 0.3) is 0 Å². The van der Waals surface area contributed by atoms with Gasteiger partial charge in [-0.25, -0.2) is 0 Å². The number of hydrogen-bond acceptors (Lipinski definition) is 19. The van der Waals surface area contributed by atoms with Gasteiger partial charge in [0.15, 0.2) is 15.5 Å². The molecule has 19 nitrogen and oxygen atoms in total. The minimum atomic E-state index is -0.866. The number of aliphatic carboxylic acids is 1. The zero-order valence-electron chi connectivity index (χ0n) is 49.4. The van der Waals surface area contributed by atoms with E-state index in [1.165, 1.54) is 161 Å². The van der Waals surface area contributed by atoms with E-state index in [2.05, 4.69) is 224 Å². The van der Waals surface area contributed by atoms with Crippen LogP contribution in [0, 0.1) is 11.3 Å². The molecule has 28 heteroatoms. The van der Waals surface area contributed by atoms with E-state index >= 15 is 0 Å². The first-order chi connectivity index (χ1) is 41.9. The monoisotopic (exact) mass is 1530 g/mol. The molecule has 3 heterocycles. The molecule has 473 valence electrons. The summed E-state index contributed by atoms with van der Waals surface area (Å²) in [5.41, 5.74) is 7.97. The number of aliphatic hydroxyl groups excluding tert-OH is 1. The van der Waals surface area contributed by atoms with Crippen LogP contribution in [-0.2, 0) is 43.5 Å². The van der Waals surface area contributed by atoms with E-state index in [0.29, 0.717) is 51.3 Å². The van der Waals surface area contributed by atoms with E-state index in [9.17, 15) is 14.4 Å². The topological polar surface area (TPSA) is 268 Å². The summed E-state index contributed by atoms with van der Waals surface area (Å²) < 4.78 is 19.2. The van der Waals surface area contributed by atoms with Crippen molar-refractivity contribution in [1.29, 1.82) is 5.26 Å². The number of nitrogens with zero attached hydrogens (tertiary/aromatic N) is 11. The molecule has 0 atom stereocenters. The molecular formula is C62H73BBr2ILiN11O8S4. The number of ether oxygens (including phenoxy) is 2. The van der Waals surface area contributed by atoms with Crippen LogP contribution < -0.4 is 18.9 Å². The number of carboxylic acid groups (broad SMARTS) is 1. The van der Waals surface area contributed by atoms with Gasteiger partial charge in [0.05, 0.1) is 57.2 Å². The molecule has 0 spiro atoms. The number of methoxy groups -OCH3 is 2. The maximum Gasteiger partial charge on any atom is 1.00 e. The molecule has 1 radical (unpaired) electrons. The number of rotatable bonds is 18. The quantitative estimate of drug-likeness (QED) is 0.0180. The molecule has 0 bridgehead atoms. The molecular weight excluding hydrogens is 1460 g/mol. The number of hydrogen-bond donors (Lipinski definition) is 3. The van der Waals surface area contributed by atoms with Crippen LogP contribution in [0.5, 0.6) is 0 Å². The molecule has 3 aliphatic rings. The van der Waals surface area contributed by atoms with Crippen molar-refractivity contribution in [2.75, 3.05) is 43.5 Å². The molecule has 3 aliphatic carbocycles. The third-order valence-electron chi connectivity index (χ3n) is 13.5. The van der Waals surface area contributed by atoms with Gasteiger partial charge in [0.2, 0.25) is 9.47 Å². The molecule has 3 saturated carbocycles.